The Morgan fingerprint density at radius 2 is 1.77 bits per heavy atom. The van der Waals surface area contributed by atoms with Crippen LogP contribution in [0.15, 0.2) is 52.4 Å². The van der Waals surface area contributed by atoms with Crippen molar-refractivity contribution in [2.24, 2.45) is 28.7 Å². The van der Waals surface area contributed by atoms with Crippen molar-refractivity contribution in [3.63, 3.8) is 0 Å². The zero-order chi connectivity index (χ0) is 21.1. The predicted molar refractivity (Wildman–Crippen MR) is 136 cm³/mol. The summed E-state index contributed by atoms with van der Waals surface area (Å²) in [5.41, 5.74) is 0. The van der Waals surface area contributed by atoms with Crippen molar-refractivity contribution >= 4 is 53.5 Å². The first-order valence-electron chi connectivity index (χ1n) is 10.8. The fraction of sp³-hybridized carbons (Fsp3) is 0.522. The number of carbonyl (C=O) groups is 2. The number of aliphatic imine (C=N–C) groups is 1. The molecule has 1 heterocycles. The highest BCUT2D eigenvalue weighted by atomic mass is 127. The maximum absolute atomic E-state index is 12.7. The van der Waals surface area contributed by atoms with Gasteiger partial charge in [-0.25, -0.2) is 0 Å². The van der Waals surface area contributed by atoms with E-state index in [4.69, 9.17) is 0 Å². The van der Waals surface area contributed by atoms with Crippen LogP contribution in [0.4, 0.5) is 0 Å². The highest BCUT2D eigenvalue weighted by Crippen LogP contribution is 2.52. The van der Waals surface area contributed by atoms with E-state index in [1.807, 2.05) is 30.0 Å². The molecule has 2 N–H and O–H groups in total. The van der Waals surface area contributed by atoms with E-state index in [0.717, 1.165) is 18.9 Å². The number of likely N-dealkylation sites (tertiary alicyclic amines) is 1. The molecule has 5 atom stereocenters. The molecule has 1 aromatic carbocycles. The molecular weight excluding hydrogens is 523 g/mol. The van der Waals surface area contributed by atoms with Gasteiger partial charge in [0.25, 0.3) is 0 Å². The fourth-order valence-corrected chi connectivity index (χ4v) is 5.81. The molecule has 168 valence electrons. The van der Waals surface area contributed by atoms with E-state index in [9.17, 15) is 9.59 Å². The van der Waals surface area contributed by atoms with E-state index in [0.29, 0.717) is 24.8 Å². The van der Waals surface area contributed by atoms with E-state index in [2.05, 4.69) is 46.8 Å². The van der Waals surface area contributed by atoms with Crippen molar-refractivity contribution in [3.8, 4) is 0 Å². The third-order valence-corrected chi connectivity index (χ3v) is 7.39. The van der Waals surface area contributed by atoms with E-state index < -0.39 is 0 Å². The van der Waals surface area contributed by atoms with Crippen LogP contribution < -0.4 is 10.6 Å². The Balaban J connectivity index is 0.00000272. The van der Waals surface area contributed by atoms with Crippen LogP contribution in [-0.4, -0.2) is 54.6 Å². The SMILES string of the molecule is CN=C(NCCCN1C(=O)C2C3C=CC(C3)C2C1=O)NCC(C)Sc1ccccc1.I. The quantitative estimate of drug-likeness (QED) is 0.0983. The summed E-state index contributed by atoms with van der Waals surface area (Å²) in [5, 5.41) is 7.04. The lowest BCUT2D eigenvalue weighted by molar-refractivity contribution is -0.140. The Morgan fingerprint density at radius 3 is 2.39 bits per heavy atom. The maximum atomic E-state index is 12.7. The van der Waals surface area contributed by atoms with Gasteiger partial charge in [0.2, 0.25) is 11.8 Å². The van der Waals surface area contributed by atoms with Crippen molar-refractivity contribution in [2.45, 2.75) is 29.9 Å². The minimum Gasteiger partial charge on any atom is -0.356 e. The summed E-state index contributed by atoms with van der Waals surface area (Å²) in [7, 11) is 1.75. The Bertz CT molecular complexity index is 817. The predicted octanol–water partition coefficient (Wildman–Crippen LogP) is 3.15. The van der Waals surface area contributed by atoms with Gasteiger partial charge in [-0.05, 0) is 36.8 Å². The first-order valence-corrected chi connectivity index (χ1v) is 11.7. The number of nitrogens with one attached hydrogen (secondary N) is 2. The van der Waals surface area contributed by atoms with Crippen LogP contribution in [0, 0.1) is 23.7 Å². The number of thioether (sulfide) groups is 1. The van der Waals surface area contributed by atoms with Gasteiger partial charge in [0, 0.05) is 36.8 Å². The summed E-state index contributed by atoms with van der Waals surface area (Å²) < 4.78 is 0. The molecule has 5 unspecified atom stereocenters. The second kappa shape index (κ2) is 10.8. The summed E-state index contributed by atoms with van der Waals surface area (Å²) in [6.45, 7) is 4.12. The van der Waals surface area contributed by atoms with Gasteiger partial charge in [0.1, 0.15) is 0 Å². The van der Waals surface area contributed by atoms with Gasteiger partial charge in [-0.15, -0.1) is 35.7 Å². The molecule has 1 saturated heterocycles. The summed E-state index contributed by atoms with van der Waals surface area (Å²) in [6, 6.07) is 10.4. The van der Waals surface area contributed by atoms with Gasteiger partial charge < -0.3 is 10.6 Å². The molecule has 1 aliphatic heterocycles. The molecule has 4 rings (SSSR count). The third-order valence-electron chi connectivity index (χ3n) is 6.27. The molecule has 1 aromatic rings. The lowest BCUT2D eigenvalue weighted by Crippen LogP contribution is -2.41. The van der Waals surface area contributed by atoms with Crippen LogP contribution in [0.25, 0.3) is 0 Å². The molecule has 8 heteroatoms. The van der Waals surface area contributed by atoms with Gasteiger partial charge in [-0.1, -0.05) is 37.3 Å². The van der Waals surface area contributed by atoms with Gasteiger partial charge in [-0.2, -0.15) is 0 Å². The number of allylic oxidation sites excluding steroid dienone is 2. The molecule has 1 saturated carbocycles. The molecule has 6 nitrogen and oxygen atoms in total. The number of hydrogen-bond acceptors (Lipinski definition) is 4. The largest absolute Gasteiger partial charge is 0.356 e. The summed E-state index contributed by atoms with van der Waals surface area (Å²) in [6.07, 6.45) is 5.96. The normalized spacial score (nSPS) is 27.3. The number of amides is 2. The summed E-state index contributed by atoms with van der Waals surface area (Å²) >= 11 is 1.82. The Morgan fingerprint density at radius 1 is 1.13 bits per heavy atom. The number of imide groups is 1. The highest BCUT2D eigenvalue weighted by molar-refractivity contribution is 14.0. The van der Waals surface area contributed by atoms with Gasteiger partial charge in [0.05, 0.1) is 11.8 Å². The number of carbonyl (C=O) groups excluding carboxylic acids is 2. The molecular formula is C23H31IN4O2S. The van der Waals surface area contributed by atoms with Crippen molar-refractivity contribution in [1.29, 1.82) is 0 Å². The van der Waals surface area contributed by atoms with Gasteiger partial charge >= 0.3 is 0 Å². The number of guanidine groups is 1. The van der Waals surface area contributed by atoms with Crippen LogP contribution in [-0.2, 0) is 9.59 Å². The van der Waals surface area contributed by atoms with Gasteiger partial charge in [-0.3, -0.25) is 19.5 Å². The maximum Gasteiger partial charge on any atom is 0.233 e. The average Bonchev–Trinajstić information content (AvgIpc) is 3.43. The number of rotatable bonds is 8. The number of hydrogen-bond donors (Lipinski definition) is 2. The number of benzene rings is 1. The number of halogens is 1. The van der Waals surface area contributed by atoms with Crippen LogP contribution >= 0.6 is 35.7 Å². The molecule has 31 heavy (non-hydrogen) atoms. The zero-order valence-electron chi connectivity index (χ0n) is 18.0. The lowest BCUT2D eigenvalue weighted by atomic mass is 9.85. The molecule has 0 radical (unpaired) electrons. The van der Waals surface area contributed by atoms with Gasteiger partial charge in [0.15, 0.2) is 5.96 Å². The van der Waals surface area contributed by atoms with E-state index in [-0.39, 0.29) is 59.5 Å². The fourth-order valence-electron chi connectivity index (χ4n) is 4.86. The first-order chi connectivity index (χ1) is 14.6. The second-order valence-corrected chi connectivity index (χ2v) is 9.81. The summed E-state index contributed by atoms with van der Waals surface area (Å²) in [4.78, 5) is 32.4. The van der Waals surface area contributed by atoms with Crippen molar-refractivity contribution < 1.29 is 9.59 Å². The first kappa shape index (κ1) is 24.1. The molecule has 0 aromatic heterocycles. The minimum atomic E-state index is -0.0986. The smallest absolute Gasteiger partial charge is 0.233 e. The van der Waals surface area contributed by atoms with Crippen molar-refractivity contribution in [2.75, 3.05) is 26.7 Å². The Hall–Kier alpha value is -1.55. The molecule has 3 aliphatic rings. The average molecular weight is 554 g/mol. The van der Waals surface area contributed by atoms with Crippen LogP contribution in [0.1, 0.15) is 19.8 Å². The molecule has 2 bridgehead atoms. The topological polar surface area (TPSA) is 73.8 Å². The molecule has 2 fully saturated rings. The van der Waals surface area contributed by atoms with Crippen LogP contribution in [0.3, 0.4) is 0 Å². The Labute approximate surface area is 205 Å². The minimum absolute atomic E-state index is 0. The van der Waals surface area contributed by atoms with E-state index in [1.165, 1.54) is 9.80 Å². The van der Waals surface area contributed by atoms with Crippen LogP contribution in [0.5, 0.6) is 0 Å². The van der Waals surface area contributed by atoms with Crippen LogP contribution in [0.2, 0.25) is 0 Å². The summed E-state index contributed by atoms with van der Waals surface area (Å²) in [5.74, 6) is 1.18. The van der Waals surface area contributed by atoms with Crippen molar-refractivity contribution in [1.82, 2.24) is 15.5 Å². The van der Waals surface area contributed by atoms with E-state index >= 15 is 0 Å². The number of nitrogens with zero attached hydrogens (tertiary/aromatic N) is 2. The van der Waals surface area contributed by atoms with E-state index in [1.54, 1.807) is 7.05 Å². The molecule has 0 spiro atoms. The molecule has 2 amide bonds. The van der Waals surface area contributed by atoms with Crippen molar-refractivity contribution in [3.05, 3.63) is 42.5 Å². The molecule has 2 aliphatic carbocycles. The lowest BCUT2D eigenvalue weighted by Gasteiger charge is -2.18. The second-order valence-electron chi connectivity index (χ2n) is 8.30. The zero-order valence-corrected chi connectivity index (χ0v) is 21.1. The monoisotopic (exact) mass is 554 g/mol. The number of fused-ring (bicyclic) bond motifs is 5. The Kier molecular flexibility index (Phi) is 8.43. The third kappa shape index (κ3) is 5.27. The highest BCUT2D eigenvalue weighted by Gasteiger charge is 2.58. The standard InChI is InChI=1S/C23H30N4O2S.HI/c1-15(30-18-7-4-3-5-8-18)14-26-23(24-2)25-11-6-12-27-21(28)19-16-9-10-17(13-16)20(19)22(27)29;/h3-5,7-10,15-17,19-20H,6,11-14H2,1-2H3,(H2,24,25,26);1H.